The Morgan fingerprint density at radius 3 is 3.05 bits per heavy atom. The zero-order valence-electron chi connectivity index (χ0n) is 11.2. The Kier molecular flexibility index (Phi) is 5.18. The monoisotopic (exact) mass is 263 g/mol. The van der Waals surface area contributed by atoms with Crippen LogP contribution in [0, 0.1) is 0 Å². The van der Waals surface area contributed by atoms with Crippen LogP contribution in [-0.2, 0) is 9.53 Å². The second-order valence-electron chi connectivity index (χ2n) is 4.75. The molecule has 19 heavy (non-hydrogen) atoms. The summed E-state index contributed by atoms with van der Waals surface area (Å²) < 4.78 is 4.79. The van der Waals surface area contributed by atoms with Gasteiger partial charge in [-0.05, 0) is 37.6 Å². The lowest BCUT2D eigenvalue weighted by molar-refractivity contribution is -0.119. The van der Waals surface area contributed by atoms with Gasteiger partial charge in [-0.1, -0.05) is 6.07 Å². The Morgan fingerprint density at radius 1 is 1.47 bits per heavy atom. The first-order valence-electron chi connectivity index (χ1n) is 6.64. The van der Waals surface area contributed by atoms with Gasteiger partial charge in [0.05, 0.1) is 0 Å². The summed E-state index contributed by atoms with van der Waals surface area (Å²) in [4.78, 5) is 11.4. The van der Waals surface area contributed by atoms with Crippen LogP contribution < -0.4 is 16.0 Å². The Balaban J connectivity index is 1.92. The molecule has 3 N–H and O–H groups in total. The van der Waals surface area contributed by atoms with Crippen LogP contribution >= 0.6 is 0 Å². The average molecular weight is 263 g/mol. The molecule has 0 bridgehead atoms. The molecule has 0 saturated carbocycles. The van der Waals surface area contributed by atoms with E-state index in [2.05, 4.69) is 16.0 Å². The minimum absolute atomic E-state index is 0.0736. The van der Waals surface area contributed by atoms with Crippen molar-refractivity contribution in [2.75, 3.05) is 37.4 Å². The van der Waals surface area contributed by atoms with Crippen molar-refractivity contribution in [2.45, 2.75) is 18.9 Å². The summed E-state index contributed by atoms with van der Waals surface area (Å²) in [5, 5.41) is 9.65. The minimum Gasteiger partial charge on any atom is -0.381 e. The molecule has 104 valence electrons. The fraction of sp³-hybridized carbons (Fsp3) is 0.500. The minimum atomic E-state index is -0.140. The summed E-state index contributed by atoms with van der Waals surface area (Å²) in [7, 11) is 1.51. The highest BCUT2D eigenvalue weighted by molar-refractivity contribution is 5.92. The maximum absolute atomic E-state index is 11.4. The maximum atomic E-state index is 11.4. The molecular formula is C14H21N3O2. The molecule has 1 saturated heterocycles. The second kappa shape index (κ2) is 7.11. The summed E-state index contributed by atoms with van der Waals surface area (Å²) in [6.45, 7) is 2.16. The van der Waals surface area contributed by atoms with Crippen molar-refractivity contribution in [3.05, 3.63) is 24.3 Å². The van der Waals surface area contributed by atoms with Gasteiger partial charge < -0.3 is 20.7 Å². The van der Waals surface area contributed by atoms with E-state index in [0.717, 1.165) is 24.5 Å². The molecule has 0 aromatic heterocycles. The summed E-state index contributed by atoms with van der Waals surface area (Å²) in [6, 6.07) is 8.22. The van der Waals surface area contributed by atoms with Gasteiger partial charge in [0.15, 0.2) is 0 Å². The van der Waals surface area contributed by atoms with Crippen molar-refractivity contribution in [3.63, 3.8) is 0 Å². The molecule has 5 heteroatoms. The number of anilines is 2. The van der Waals surface area contributed by atoms with E-state index in [4.69, 9.17) is 4.74 Å². The van der Waals surface area contributed by atoms with E-state index in [-0.39, 0.29) is 12.5 Å². The number of carbonyl (C=O) groups is 1. The topological polar surface area (TPSA) is 62.4 Å². The van der Waals surface area contributed by atoms with Gasteiger partial charge in [-0.25, -0.2) is 0 Å². The quantitative estimate of drug-likeness (QED) is 0.752. The lowest BCUT2D eigenvalue weighted by Gasteiger charge is -2.25. The van der Waals surface area contributed by atoms with Gasteiger partial charge in [0.2, 0.25) is 5.91 Å². The van der Waals surface area contributed by atoms with Gasteiger partial charge >= 0.3 is 0 Å². The molecule has 1 heterocycles. The van der Waals surface area contributed by atoms with Gasteiger partial charge in [0, 0.05) is 31.1 Å². The Bertz CT molecular complexity index is 417. The Labute approximate surface area is 113 Å². The van der Waals surface area contributed by atoms with Gasteiger partial charge in [0.25, 0.3) is 0 Å². The zero-order chi connectivity index (χ0) is 13.5. The second-order valence-corrected chi connectivity index (χ2v) is 4.75. The largest absolute Gasteiger partial charge is 0.381 e. The summed E-state index contributed by atoms with van der Waals surface area (Å²) in [6.07, 6.45) is 2.37. The molecule has 5 nitrogen and oxygen atoms in total. The van der Waals surface area contributed by atoms with Crippen molar-refractivity contribution >= 4 is 17.3 Å². The SMILES string of the molecule is COCC(=O)Nc1cccc(NC2CCCNC2)c1. The van der Waals surface area contributed by atoms with E-state index in [1.54, 1.807) is 0 Å². The Morgan fingerprint density at radius 2 is 2.32 bits per heavy atom. The number of carbonyl (C=O) groups excluding carboxylic acids is 1. The lowest BCUT2D eigenvalue weighted by atomic mass is 10.1. The molecule has 1 aliphatic rings. The number of hydrogen-bond acceptors (Lipinski definition) is 4. The molecule has 0 aliphatic carbocycles. The molecule has 1 aromatic carbocycles. The van der Waals surface area contributed by atoms with Crippen LogP contribution in [0.2, 0.25) is 0 Å². The number of piperidine rings is 1. The van der Waals surface area contributed by atoms with Crippen LogP contribution in [0.4, 0.5) is 11.4 Å². The summed E-state index contributed by atoms with van der Waals surface area (Å²) in [5.74, 6) is -0.140. The van der Waals surface area contributed by atoms with Gasteiger partial charge in [-0.2, -0.15) is 0 Å². The van der Waals surface area contributed by atoms with Crippen molar-refractivity contribution in [1.82, 2.24) is 5.32 Å². The van der Waals surface area contributed by atoms with Crippen LogP contribution in [0.25, 0.3) is 0 Å². The molecule has 1 atom stereocenters. The molecular weight excluding hydrogens is 242 g/mol. The van der Waals surface area contributed by atoms with Gasteiger partial charge in [-0.15, -0.1) is 0 Å². The first kappa shape index (κ1) is 13.8. The number of amides is 1. The highest BCUT2D eigenvalue weighted by atomic mass is 16.5. The number of benzene rings is 1. The number of nitrogens with one attached hydrogen (secondary N) is 3. The van der Waals surface area contributed by atoms with Crippen LogP contribution in [0.1, 0.15) is 12.8 Å². The first-order valence-corrected chi connectivity index (χ1v) is 6.64. The molecule has 0 radical (unpaired) electrons. The van der Waals surface area contributed by atoms with Gasteiger partial charge in [-0.3, -0.25) is 4.79 Å². The smallest absolute Gasteiger partial charge is 0.250 e. The fourth-order valence-corrected chi connectivity index (χ4v) is 2.23. The molecule has 0 spiro atoms. The number of methoxy groups -OCH3 is 1. The van der Waals surface area contributed by atoms with E-state index in [1.807, 2.05) is 24.3 Å². The molecule has 1 amide bonds. The lowest BCUT2D eigenvalue weighted by Crippen LogP contribution is -2.38. The first-order chi connectivity index (χ1) is 9.28. The third-order valence-corrected chi connectivity index (χ3v) is 3.09. The average Bonchev–Trinajstić information content (AvgIpc) is 2.40. The fourth-order valence-electron chi connectivity index (χ4n) is 2.23. The number of hydrogen-bond donors (Lipinski definition) is 3. The zero-order valence-corrected chi connectivity index (χ0v) is 11.2. The van der Waals surface area contributed by atoms with Crippen LogP contribution in [0.5, 0.6) is 0 Å². The summed E-state index contributed by atoms with van der Waals surface area (Å²) >= 11 is 0. The van der Waals surface area contributed by atoms with E-state index in [1.165, 1.54) is 20.0 Å². The van der Waals surface area contributed by atoms with Crippen molar-refractivity contribution in [1.29, 1.82) is 0 Å². The standard InChI is InChI=1S/C14H21N3O2/c1-19-10-14(18)17-12-5-2-4-11(8-12)16-13-6-3-7-15-9-13/h2,4-5,8,13,15-16H,3,6-7,9-10H2,1H3,(H,17,18). The van der Waals surface area contributed by atoms with E-state index in [9.17, 15) is 4.79 Å². The predicted molar refractivity (Wildman–Crippen MR) is 76.5 cm³/mol. The molecule has 1 fully saturated rings. The van der Waals surface area contributed by atoms with E-state index >= 15 is 0 Å². The predicted octanol–water partition coefficient (Wildman–Crippen LogP) is 1.44. The van der Waals surface area contributed by atoms with Crippen molar-refractivity contribution in [2.24, 2.45) is 0 Å². The number of rotatable bonds is 5. The number of ether oxygens (including phenoxy) is 1. The van der Waals surface area contributed by atoms with E-state index in [0.29, 0.717) is 6.04 Å². The normalized spacial score (nSPS) is 18.9. The van der Waals surface area contributed by atoms with Crippen LogP contribution in [-0.4, -0.2) is 38.8 Å². The van der Waals surface area contributed by atoms with Crippen molar-refractivity contribution < 1.29 is 9.53 Å². The third-order valence-electron chi connectivity index (χ3n) is 3.09. The van der Waals surface area contributed by atoms with Gasteiger partial charge in [0.1, 0.15) is 6.61 Å². The highest BCUT2D eigenvalue weighted by Gasteiger charge is 2.12. The molecule has 1 aliphatic heterocycles. The Hall–Kier alpha value is -1.59. The molecule has 1 unspecified atom stereocenters. The molecule has 2 rings (SSSR count). The van der Waals surface area contributed by atoms with Crippen molar-refractivity contribution in [3.8, 4) is 0 Å². The van der Waals surface area contributed by atoms with E-state index < -0.39 is 0 Å². The van der Waals surface area contributed by atoms with Crippen LogP contribution in [0.3, 0.4) is 0 Å². The highest BCUT2D eigenvalue weighted by Crippen LogP contribution is 2.17. The summed E-state index contributed by atoms with van der Waals surface area (Å²) in [5.41, 5.74) is 1.82. The molecule has 1 aromatic rings. The van der Waals surface area contributed by atoms with Crippen LogP contribution in [0.15, 0.2) is 24.3 Å². The maximum Gasteiger partial charge on any atom is 0.250 e. The third kappa shape index (κ3) is 4.54.